The van der Waals surface area contributed by atoms with Crippen LogP contribution in [-0.4, -0.2) is 37.4 Å². The zero-order valence-corrected chi connectivity index (χ0v) is 9.48. The van der Waals surface area contributed by atoms with Crippen LogP contribution < -0.4 is 5.46 Å². The maximum atomic E-state index is 11.6. The molecule has 90 valence electrons. The first kappa shape index (κ1) is 12.1. The fraction of sp³-hybridized carbons (Fsp3) is 0.222. The maximum Gasteiger partial charge on any atom is 0.491 e. The van der Waals surface area contributed by atoms with E-state index in [4.69, 9.17) is 9.76 Å². The Morgan fingerprint density at radius 1 is 1.47 bits per heavy atom. The molecular formula is C9H9BO6S. The highest BCUT2D eigenvalue weighted by Gasteiger charge is 2.29. The van der Waals surface area contributed by atoms with Crippen LogP contribution in [-0.2, 0) is 25.9 Å². The van der Waals surface area contributed by atoms with E-state index >= 15 is 0 Å². The van der Waals surface area contributed by atoms with Gasteiger partial charge in [-0.1, -0.05) is 6.07 Å². The van der Waals surface area contributed by atoms with Crippen LogP contribution in [0.25, 0.3) is 0 Å². The molecule has 1 aromatic carbocycles. The third-order valence-corrected chi connectivity index (χ3v) is 4.05. The summed E-state index contributed by atoms with van der Waals surface area (Å²) in [5.74, 6) is -2.38. The number of sulfone groups is 1. The molecule has 0 radical (unpaired) electrons. The predicted octanol–water partition coefficient (Wildman–Crippen LogP) is -1.24. The normalized spacial score (nSPS) is 14.8. The molecule has 0 aromatic heterocycles. The molecule has 8 heteroatoms. The molecule has 0 atom stereocenters. The van der Waals surface area contributed by atoms with Gasteiger partial charge in [0.05, 0.1) is 11.5 Å². The van der Waals surface area contributed by atoms with Crippen molar-refractivity contribution in [1.29, 1.82) is 0 Å². The van der Waals surface area contributed by atoms with Gasteiger partial charge < -0.3 is 14.8 Å². The molecule has 0 saturated carbocycles. The van der Waals surface area contributed by atoms with E-state index in [2.05, 4.69) is 0 Å². The van der Waals surface area contributed by atoms with Gasteiger partial charge >= 0.3 is 13.1 Å². The Balaban J connectivity index is 2.42. The first-order valence-corrected chi connectivity index (χ1v) is 6.42. The molecule has 0 bridgehead atoms. The van der Waals surface area contributed by atoms with Crippen molar-refractivity contribution >= 4 is 28.4 Å². The average molecular weight is 256 g/mol. The largest absolute Gasteiger partial charge is 0.491 e. The standard InChI is InChI=1S/C9H9BO6S/c11-9(12)5-17(14,15)7-2-1-6-4-16-10(13)8(6)3-7/h1-3,13H,4-5H2,(H,11,12). The highest BCUT2D eigenvalue weighted by molar-refractivity contribution is 7.92. The molecule has 1 heterocycles. The first-order chi connectivity index (χ1) is 7.90. The fourth-order valence-corrected chi connectivity index (χ4v) is 2.71. The molecule has 17 heavy (non-hydrogen) atoms. The van der Waals surface area contributed by atoms with Crippen molar-refractivity contribution < 1.29 is 28.0 Å². The van der Waals surface area contributed by atoms with Crippen LogP contribution in [0.15, 0.2) is 23.1 Å². The topological polar surface area (TPSA) is 101 Å². The van der Waals surface area contributed by atoms with Crippen LogP contribution in [0.3, 0.4) is 0 Å². The summed E-state index contributed by atoms with van der Waals surface area (Å²) in [5.41, 5.74) is 1.07. The molecular weight excluding hydrogens is 247 g/mol. The molecule has 0 fully saturated rings. The number of carbonyl (C=O) groups is 1. The first-order valence-electron chi connectivity index (χ1n) is 4.77. The zero-order chi connectivity index (χ0) is 12.6. The summed E-state index contributed by atoms with van der Waals surface area (Å²) in [6, 6.07) is 4.09. The van der Waals surface area contributed by atoms with Gasteiger partial charge in [-0.2, -0.15) is 0 Å². The summed E-state index contributed by atoms with van der Waals surface area (Å²) in [4.78, 5) is 10.3. The van der Waals surface area contributed by atoms with Crippen LogP contribution in [0, 0.1) is 0 Å². The molecule has 0 amide bonds. The van der Waals surface area contributed by atoms with Crippen molar-refractivity contribution in [3.8, 4) is 0 Å². The number of carboxylic acids is 1. The highest BCUT2D eigenvalue weighted by Crippen LogP contribution is 2.15. The molecule has 6 nitrogen and oxygen atoms in total. The molecule has 0 unspecified atom stereocenters. The average Bonchev–Trinajstić information content (AvgIpc) is 2.58. The maximum absolute atomic E-state index is 11.6. The Hall–Kier alpha value is -1.38. The van der Waals surface area contributed by atoms with E-state index in [0.29, 0.717) is 11.0 Å². The molecule has 0 saturated heterocycles. The Bertz CT molecular complexity index is 567. The molecule has 2 rings (SSSR count). The second-order valence-electron chi connectivity index (χ2n) is 3.68. The molecule has 2 N–H and O–H groups in total. The van der Waals surface area contributed by atoms with Crippen molar-refractivity contribution in [1.82, 2.24) is 0 Å². The molecule has 1 aromatic rings. The summed E-state index contributed by atoms with van der Waals surface area (Å²) in [7, 11) is -5.02. The Morgan fingerprint density at radius 3 is 2.82 bits per heavy atom. The van der Waals surface area contributed by atoms with Gasteiger partial charge in [-0.25, -0.2) is 8.42 Å². The number of hydrogen-bond donors (Lipinski definition) is 2. The molecule has 0 spiro atoms. The quantitative estimate of drug-likeness (QED) is 0.656. The Kier molecular flexibility index (Phi) is 2.94. The van der Waals surface area contributed by atoms with E-state index in [9.17, 15) is 18.2 Å². The number of carboxylic acid groups (broad SMARTS) is 1. The van der Waals surface area contributed by atoms with E-state index < -0.39 is 28.7 Å². The smallest absolute Gasteiger partial charge is 0.480 e. The number of fused-ring (bicyclic) bond motifs is 1. The zero-order valence-electron chi connectivity index (χ0n) is 8.66. The SMILES string of the molecule is O=C(O)CS(=O)(=O)c1ccc2c(c1)B(O)OC2. The summed E-state index contributed by atoms with van der Waals surface area (Å²) in [5, 5.41) is 17.9. The molecule has 1 aliphatic rings. The van der Waals surface area contributed by atoms with E-state index in [0.717, 1.165) is 0 Å². The fourth-order valence-electron chi connectivity index (χ4n) is 1.63. The van der Waals surface area contributed by atoms with Gasteiger partial charge in [0.2, 0.25) is 0 Å². The van der Waals surface area contributed by atoms with E-state index in [1.54, 1.807) is 0 Å². The van der Waals surface area contributed by atoms with Crippen molar-refractivity contribution in [3.05, 3.63) is 23.8 Å². The minimum atomic E-state index is -3.87. The van der Waals surface area contributed by atoms with E-state index in [-0.39, 0.29) is 11.5 Å². The number of aliphatic carboxylic acids is 1. The lowest BCUT2D eigenvalue weighted by Crippen LogP contribution is -2.29. The van der Waals surface area contributed by atoms with Gasteiger partial charge in [0.15, 0.2) is 15.6 Å². The van der Waals surface area contributed by atoms with Crippen LogP contribution in [0.4, 0.5) is 0 Å². The van der Waals surface area contributed by atoms with Crippen molar-refractivity contribution in [2.45, 2.75) is 11.5 Å². The van der Waals surface area contributed by atoms with Crippen LogP contribution in [0.2, 0.25) is 0 Å². The second kappa shape index (κ2) is 4.13. The minimum Gasteiger partial charge on any atom is -0.480 e. The number of hydrogen-bond acceptors (Lipinski definition) is 5. The number of rotatable bonds is 3. The van der Waals surface area contributed by atoms with Gasteiger partial charge in [-0.3, -0.25) is 4.79 Å². The predicted molar refractivity (Wildman–Crippen MR) is 58.5 cm³/mol. The van der Waals surface area contributed by atoms with E-state index in [1.165, 1.54) is 18.2 Å². The summed E-state index contributed by atoms with van der Waals surface area (Å²) in [6.07, 6.45) is 0. The van der Waals surface area contributed by atoms with Gasteiger partial charge in [0.25, 0.3) is 0 Å². The highest BCUT2D eigenvalue weighted by atomic mass is 32.2. The minimum absolute atomic E-state index is 0.122. The van der Waals surface area contributed by atoms with Gasteiger partial charge in [-0.15, -0.1) is 0 Å². The van der Waals surface area contributed by atoms with Gasteiger partial charge in [0, 0.05) is 0 Å². The third-order valence-electron chi connectivity index (χ3n) is 2.45. The van der Waals surface area contributed by atoms with Crippen molar-refractivity contribution in [2.24, 2.45) is 0 Å². The Labute approximate surface area is 97.9 Å². The third kappa shape index (κ3) is 2.33. The lowest BCUT2D eigenvalue weighted by molar-refractivity contribution is -0.134. The van der Waals surface area contributed by atoms with Crippen LogP contribution in [0.5, 0.6) is 0 Å². The number of benzene rings is 1. The lowest BCUT2D eigenvalue weighted by Gasteiger charge is -2.04. The molecule has 0 aliphatic carbocycles. The Morgan fingerprint density at radius 2 is 2.18 bits per heavy atom. The van der Waals surface area contributed by atoms with Gasteiger partial charge in [0.1, 0.15) is 0 Å². The summed E-state index contributed by atoms with van der Waals surface area (Å²) < 4.78 is 28.2. The van der Waals surface area contributed by atoms with Crippen molar-refractivity contribution in [2.75, 3.05) is 5.75 Å². The van der Waals surface area contributed by atoms with Crippen LogP contribution in [0.1, 0.15) is 5.56 Å². The molecule has 1 aliphatic heterocycles. The van der Waals surface area contributed by atoms with E-state index in [1.807, 2.05) is 0 Å². The summed E-state index contributed by atoms with van der Waals surface area (Å²) in [6.45, 7) is 0.218. The lowest BCUT2D eigenvalue weighted by atomic mass is 9.80. The monoisotopic (exact) mass is 256 g/mol. The van der Waals surface area contributed by atoms with Crippen LogP contribution >= 0.6 is 0 Å². The summed E-state index contributed by atoms with van der Waals surface area (Å²) >= 11 is 0. The second-order valence-corrected chi connectivity index (χ2v) is 5.67. The van der Waals surface area contributed by atoms with Gasteiger partial charge in [-0.05, 0) is 23.2 Å². The van der Waals surface area contributed by atoms with Crippen molar-refractivity contribution in [3.63, 3.8) is 0 Å².